The molecule has 1 fully saturated rings. The lowest BCUT2D eigenvalue weighted by atomic mass is 10.0. The number of nitriles is 1. The highest BCUT2D eigenvalue weighted by Crippen LogP contribution is 2.35. The molecule has 1 saturated heterocycles. The predicted molar refractivity (Wildman–Crippen MR) is 99.6 cm³/mol. The summed E-state index contributed by atoms with van der Waals surface area (Å²) in [6.45, 7) is 4.75. The summed E-state index contributed by atoms with van der Waals surface area (Å²) in [5, 5.41) is 9.72. The normalized spacial score (nSPS) is 17.4. The van der Waals surface area contributed by atoms with Crippen LogP contribution in [0.2, 0.25) is 0 Å². The van der Waals surface area contributed by atoms with Crippen LogP contribution in [0.1, 0.15) is 27.5 Å². The van der Waals surface area contributed by atoms with E-state index in [-0.39, 0.29) is 18.7 Å². The van der Waals surface area contributed by atoms with Crippen molar-refractivity contribution in [2.24, 2.45) is 0 Å². The maximum Gasteiger partial charge on any atom is 0.253 e. The average molecular weight is 363 g/mol. The monoisotopic (exact) mass is 363 g/mol. The van der Waals surface area contributed by atoms with E-state index in [0.717, 1.165) is 11.1 Å². The van der Waals surface area contributed by atoms with Crippen LogP contribution in [-0.4, -0.2) is 48.7 Å². The molecule has 0 N–H and O–H groups in total. The van der Waals surface area contributed by atoms with E-state index in [2.05, 4.69) is 11.0 Å². The van der Waals surface area contributed by atoms with Gasteiger partial charge in [0.05, 0.1) is 6.07 Å². The van der Waals surface area contributed by atoms with E-state index in [4.69, 9.17) is 9.47 Å². The highest BCUT2D eigenvalue weighted by atomic mass is 16.7. The van der Waals surface area contributed by atoms with Crippen LogP contribution in [0.5, 0.6) is 11.5 Å². The van der Waals surface area contributed by atoms with Crippen LogP contribution in [0.4, 0.5) is 0 Å². The Bertz CT molecular complexity index is 881. The molecular weight excluding hydrogens is 342 g/mol. The SMILES string of the molecule is Cc1ccc(C(=O)N2CCN(C(C#N)c3ccc4c(c3)OCO4)CC2)cc1. The van der Waals surface area contributed by atoms with Crippen molar-refractivity contribution in [2.75, 3.05) is 33.0 Å². The third kappa shape index (κ3) is 3.46. The Morgan fingerprint density at radius 2 is 1.74 bits per heavy atom. The van der Waals surface area contributed by atoms with E-state index in [1.165, 1.54) is 0 Å². The number of aryl methyl sites for hydroxylation is 1. The van der Waals surface area contributed by atoms with Crippen molar-refractivity contribution >= 4 is 5.91 Å². The first-order chi connectivity index (χ1) is 13.2. The lowest BCUT2D eigenvalue weighted by Crippen LogP contribution is -2.49. The summed E-state index contributed by atoms with van der Waals surface area (Å²) in [7, 11) is 0. The van der Waals surface area contributed by atoms with Crippen molar-refractivity contribution in [1.29, 1.82) is 5.26 Å². The van der Waals surface area contributed by atoms with Gasteiger partial charge >= 0.3 is 0 Å². The summed E-state index contributed by atoms with van der Waals surface area (Å²) in [6, 6.07) is 15.3. The van der Waals surface area contributed by atoms with Crippen LogP contribution in [0, 0.1) is 18.3 Å². The minimum Gasteiger partial charge on any atom is -0.454 e. The summed E-state index contributed by atoms with van der Waals surface area (Å²) in [6.07, 6.45) is 0. The fourth-order valence-electron chi connectivity index (χ4n) is 3.51. The molecule has 138 valence electrons. The highest BCUT2D eigenvalue weighted by molar-refractivity contribution is 5.94. The number of rotatable bonds is 3. The molecule has 6 nitrogen and oxygen atoms in total. The first-order valence-corrected chi connectivity index (χ1v) is 9.05. The molecule has 0 saturated carbocycles. The van der Waals surface area contributed by atoms with Gasteiger partial charge in [-0.2, -0.15) is 5.26 Å². The smallest absolute Gasteiger partial charge is 0.253 e. The molecule has 4 rings (SSSR count). The van der Waals surface area contributed by atoms with Gasteiger partial charge in [0, 0.05) is 31.7 Å². The molecule has 27 heavy (non-hydrogen) atoms. The van der Waals surface area contributed by atoms with Crippen molar-refractivity contribution < 1.29 is 14.3 Å². The summed E-state index contributed by atoms with van der Waals surface area (Å²) >= 11 is 0. The maximum atomic E-state index is 12.7. The largest absolute Gasteiger partial charge is 0.454 e. The van der Waals surface area contributed by atoms with Crippen molar-refractivity contribution in [3.8, 4) is 17.6 Å². The van der Waals surface area contributed by atoms with Crippen molar-refractivity contribution in [3.05, 3.63) is 59.2 Å². The van der Waals surface area contributed by atoms with Gasteiger partial charge in [-0.25, -0.2) is 0 Å². The van der Waals surface area contributed by atoms with Gasteiger partial charge in [-0.1, -0.05) is 23.8 Å². The standard InChI is InChI=1S/C21H21N3O3/c1-15-2-4-16(5-3-15)21(25)24-10-8-23(9-11-24)18(13-22)17-6-7-19-20(12-17)27-14-26-19/h2-7,12,18H,8-11,14H2,1H3. The molecule has 0 aliphatic carbocycles. The van der Waals surface area contributed by atoms with Gasteiger partial charge in [-0.05, 0) is 36.8 Å². The first-order valence-electron chi connectivity index (χ1n) is 9.05. The molecule has 0 aromatic heterocycles. The Morgan fingerprint density at radius 1 is 1.04 bits per heavy atom. The zero-order chi connectivity index (χ0) is 18.8. The number of piperazine rings is 1. The molecule has 6 heteroatoms. The Morgan fingerprint density at radius 3 is 2.44 bits per heavy atom. The Labute approximate surface area is 158 Å². The van der Waals surface area contributed by atoms with Crippen molar-refractivity contribution in [3.63, 3.8) is 0 Å². The second kappa shape index (κ2) is 7.29. The molecule has 1 unspecified atom stereocenters. The molecule has 2 aliphatic rings. The number of fused-ring (bicyclic) bond motifs is 1. The van der Waals surface area contributed by atoms with E-state index in [0.29, 0.717) is 43.2 Å². The summed E-state index contributed by atoms with van der Waals surface area (Å²) in [5.74, 6) is 1.44. The van der Waals surface area contributed by atoms with E-state index >= 15 is 0 Å². The number of amides is 1. The number of benzene rings is 2. The van der Waals surface area contributed by atoms with Gasteiger partial charge in [-0.3, -0.25) is 9.69 Å². The maximum absolute atomic E-state index is 12.7. The van der Waals surface area contributed by atoms with E-state index in [9.17, 15) is 10.1 Å². The molecule has 1 atom stereocenters. The first kappa shape index (κ1) is 17.4. The number of carbonyl (C=O) groups excluding carboxylic acids is 1. The number of hydrogen-bond acceptors (Lipinski definition) is 5. The average Bonchev–Trinajstić information content (AvgIpc) is 3.17. The fourth-order valence-corrected chi connectivity index (χ4v) is 3.51. The van der Waals surface area contributed by atoms with E-state index in [1.807, 2.05) is 54.3 Å². The zero-order valence-electron chi connectivity index (χ0n) is 15.2. The van der Waals surface area contributed by atoms with Gasteiger partial charge in [0.15, 0.2) is 11.5 Å². The molecular formula is C21H21N3O3. The molecule has 2 aliphatic heterocycles. The third-order valence-electron chi connectivity index (χ3n) is 5.10. The number of carbonyl (C=O) groups is 1. The minimum atomic E-state index is -0.365. The van der Waals surface area contributed by atoms with Gasteiger partial charge in [0.25, 0.3) is 5.91 Å². The van der Waals surface area contributed by atoms with Crippen LogP contribution in [0.15, 0.2) is 42.5 Å². The summed E-state index contributed by atoms with van der Waals surface area (Å²) in [4.78, 5) is 16.6. The predicted octanol–water partition coefficient (Wildman–Crippen LogP) is 2.75. The van der Waals surface area contributed by atoms with Crippen LogP contribution in [0.25, 0.3) is 0 Å². The molecule has 1 amide bonds. The van der Waals surface area contributed by atoms with Gasteiger partial charge in [0.1, 0.15) is 6.04 Å². The second-order valence-electron chi connectivity index (χ2n) is 6.84. The fraction of sp³-hybridized carbons (Fsp3) is 0.333. The zero-order valence-corrected chi connectivity index (χ0v) is 15.2. The molecule has 0 radical (unpaired) electrons. The highest BCUT2D eigenvalue weighted by Gasteiger charge is 2.28. The van der Waals surface area contributed by atoms with Gasteiger partial charge in [-0.15, -0.1) is 0 Å². The molecule has 2 aromatic rings. The second-order valence-corrected chi connectivity index (χ2v) is 6.84. The molecule has 0 spiro atoms. The van der Waals surface area contributed by atoms with Crippen LogP contribution >= 0.6 is 0 Å². The lowest BCUT2D eigenvalue weighted by molar-refractivity contribution is 0.0606. The topological polar surface area (TPSA) is 65.8 Å². The van der Waals surface area contributed by atoms with Crippen LogP contribution in [-0.2, 0) is 0 Å². The Kier molecular flexibility index (Phi) is 4.69. The van der Waals surface area contributed by atoms with Crippen LogP contribution in [0.3, 0.4) is 0 Å². The Hall–Kier alpha value is -3.04. The number of nitrogens with zero attached hydrogens (tertiary/aromatic N) is 3. The molecule has 2 aromatic carbocycles. The quantitative estimate of drug-likeness (QED) is 0.839. The van der Waals surface area contributed by atoms with Gasteiger partial charge < -0.3 is 14.4 Å². The number of hydrogen-bond donors (Lipinski definition) is 0. The molecule has 2 heterocycles. The third-order valence-corrected chi connectivity index (χ3v) is 5.10. The molecule has 0 bridgehead atoms. The van der Waals surface area contributed by atoms with Crippen LogP contribution < -0.4 is 9.47 Å². The minimum absolute atomic E-state index is 0.0474. The van der Waals surface area contributed by atoms with Gasteiger partial charge in [0.2, 0.25) is 6.79 Å². The van der Waals surface area contributed by atoms with E-state index < -0.39 is 0 Å². The summed E-state index contributed by atoms with van der Waals surface area (Å²) in [5.41, 5.74) is 2.73. The van der Waals surface area contributed by atoms with E-state index in [1.54, 1.807) is 0 Å². The lowest BCUT2D eigenvalue weighted by Gasteiger charge is -2.37. The van der Waals surface area contributed by atoms with Crippen molar-refractivity contribution in [2.45, 2.75) is 13.0 Å². The summed E-state index contributed by atoms with van der Waals surface area (Å²) < 4.78 is 10.8. The number of ether oxygens (including phenoxy) is 2. The van der Waals surface area contributed by atoms with Crippen molar-refractivity contribution in [1.82, 2.24) is 9.80 Å². The Balaban J connectivity index is 1.42.